The summed E-state index contributed by atoms with van der Waals surface area (Å²) in [5.41, 5.74) is 5.84. The van der Waals surface area contributed by atoms with Gasteiger partial charge in [-0.25, -0.2) is 19.2 Å². The highest BCUT2D eigenvalue weighted by Crippen LogP contribution is 2.47. The van der Waals surface area contributed by atoms with E-state index in [9.17, 15) is 19.2 Å². The maximum absolute atomic E-state index is 14.2. The topological polar surface area (TPSA) is 149 Å². The highest BCUT2D eigenvalue weighted by Gasteiger charge is 2.25. The maximum Gasteiger partial charge on any atom is 0.343 e. The second-order valence-corrected chi connectivity index (χ2v) is 21.4. The van der Waals surface area contributed by atoms with Gasteiger partial charge in [0.05, 0.1) is 60.9 Å². The summed E-state index contributed by atoms with van der Waals surface area (Å²) in [6, 6.07) is 60.9. The summed E-state index contributed by atoms with van der Waals surface area (Å²) in [6.45, 7) is 2.65. The van der Waals surface area contributed by atoms with Gasteiger partial charge in [0, 0.05) is 32.9 Å². The van der Waals surface area contributed by atoms with Crippen molar-refractivity contribution >= 4 is 77.3 Å². The van der Waals surface area contributed by atoms with Crippen molar-refractivity contribution in [2.75, 3.05) is 26.4 Å². The van der Waals surface area contributed by atoms with Gasteiger partial charge in [0.15, 0.2) is 0 Å². The van der Waals surface area contributed by atoms with E-state index in [2.05, 4.69) is 31.9 Å². The van der Waals surface area contributed by atoms with E-state index < -0.39 is 23.9 Å². The molecule has 2 unspecified atom stereocenters. The van der Waals surface area contributed by atoms with Gasteiger partial charge in [-0.1, -0.05) is 105 Å². The molecule has 0 spiro atoms. The molecule has 2 aliphatic heterocycles. The van der Waals surface area contributed by atoms with E-state index in [1.807, 2.05) is 97.1 Å². The molecule has 12 rings (SSSR count). The van der Waals surface area contributed by atoms with Crippen LogP contribution in [-0.2, 0) is 9.47 Å². The lowest BCUT2D eigenvalue weighted by molar-refractivity contribution is 0.0723. The van der Waals surface area contributed by atoms with Crippen LogP contribution >= 0.6 is 31.9 Å². The molecule has 14 heteroatoms. The lowest BCUT2D eigenvalue weighted by Gasteiger charge is -2.19. The summed E-state index contributed by atoms with van der Waals surface area (Å²) in [5.74, 6) is 0.431. The molecule has 0 N–H and O–H groups in total. The van der Waals surface area contributed by atoms with Crippen molar-refractivity contribution in [3.8, 4) is 67.9 Å². The summed E-state index contributed by atoms with van der Waals surface area (Å²) >= 11 is 7.24. The molecule has 0 saturated carbocycles. The first kappa shape index (κ1) is 53.7. The molecule has 10 aromatic carbocycles. The summed E-state index contributed by atoms with van der Waals surface area (Å²) in [7, 11) is 0. The number of hydrogen-bond donors (Lipinski definition) is 0. The number of hydrogen-bond acceptors (Lipinski definition) is 12. The third-order valence-electron chi connectivity index (χ3n) is 14.0. The lowest BCUT2D eigenvalue weighted by Crippen LogP contribution is -2.11. The summed E-state index contributed by atoms with van der Waals surface area (Å²) in [6.07, 6.45) is 2.22. The van der Waals surface area contributed by atoms with Crippen LogP contribution in [0.25, 0.3) is 54.9 Å². The molecule has 2 atom stereocenters. The van der Waals surface area contributed by atoms with Crippen LogP contribution in [0, 0.1) is 0 Å². The molecular weight excluding hydrogens is 1170 g/mol. The number of halogens is 2. The van der Waals surface area contributed by atoms with Crippen LogP contribution < -0.4 is 28.4 Å². The van der Waals surface area contributed by atoms with Crippen molar-refractivity contribution in [2.24, 2.45) is 0 Å². The van der Waals surface area contributed by atoms with E-state index in [-0.39, 0.29) is 23.7 Å². The van der Waals surface area contributed by atoms with Crippen LogP contribution in [0.5, 0.6) is 34.5 Å². The minimum atomic E-state index is -0.598. The first-order valence-electron chi connectivity index (χ1n) is 26.5. The zero-order valence-corrected chi connectivity index (χ0v) is 46.9. The third kappa shape index (κ3) is 12.8. The number of carbonyl (C=O) groups excluding carboxylic acids is 4. The number of benzene rings is 10. The van der Waals surface area contributed by atoms with Gasteiger partial charge in [-0.15, -0.1) is 0 Å². The smallest absolute Gasteiger partial charge is 0.343 e. The van der Waals surface area contributed by atoms with E-state index in [4.69, 9.17) is 37.9 Å². The first-order chi connectivity index (χ1) is 40.0. The van der Waals surface area contributed by atoms with Gasteiger partial charge in [0.25, 0.3) is 0 Å². The first-order valence-corrected chi connectivity index (χ1v) is 28.1. The van der Waals surface area contributed by atoms with Crippen molar-refractivity contribution < 1.29 is 57.1 Å². The minimum Gasteiger partial charge on any atom is -0.493 e. The predicted octanol–water partition coefficient (Wildman–Crippen LogP) is 15.7. The highest BCUT2D eigenvalue weighted by molar-refractivity contribution is 9.10. The zero-order chi connectivity index (χ0) is 56.1. The normalized spacial score (nSPS) is 14.2. The number of ether oxygens (including phenoxy) is 8. The van der Waals surface area contributed by atoms with E-state index in [0.717, 1.165) is 78.8 Å². The van der Waals surface area contributed by atoms with Gasteiger partial charge in [-0.05, 0) is 177 Å². The Labute approximate surface area is 488 Å². The van der Waals surface area contributed by atoms with Crippen molar-refractivity contribution in [2.45, 2.75) is 25.0 Å². The predicted molar refractivity (Wildman–Crippen MR) is 318 cm³/mol. The largest absolute Gasteiger partial charge is 0.493 e. The van der Waals surface area contributed by atoms with Gasteiger partial charge in [-0.2, -0.15) is 0 Å². The second-order valence-electron chi connectivity index (χ2n) is 19.6. The highest BCUT2D eigenvalue weighted by atomic mass is 79.9. The van der Waals surface area contributed by atoms with Crippen molar-refractivity contribution in [3.05, 3.63) is 237 Å². The lowest BCUT2D eigenvalue weighted by atomic mass is 9.92. The molecule has 406 valence electrons. The van der Waals surface area contributed by atoms with Gasteiger partial charge >= 0.3 is 23.9 Å². The fourth-order valence-corrected chi connectivity index (χ4v) is 10.1. The van der Waals surface area contributed by atoms with Crippen LogP contribution in [0.4, 0.5) is 0 Å². The minimum absolute atomic E-state index is 0.255. The number of esters is 4. The Morgan fingerprint density at radius 2 is 0.671 bits per heavy atom. The number of carbonyl (C=O) groups is 4. The average Bonchev–Trinajstić information content (AvgIpc) is 4.14. The van der Waals surface area contributed by atoms with Gasteiger partial charge in [-0.3, -0.25) is 0 Å². The van der Waals surface area contributed by atoms with E-state index in [0.29, 0.717) is 69.6 Å². The molecule has 2 aliphatic rings. The molecular formula is C68H48Br2O12. The van der Waals surface area contributed by atoms with E-state index in [1.165, 1.54) is 0 Å². The van der Waals surface area contributed by atoms with Crippen molar-refractivity contribution in [1.29, 1.82) is 0 Å². The fraction of sp³-hybridized carbons (Fsp3) is 0.118. The summed E-state index contributed by atoms with van der Waals surface area (Å²) in [5, 5.41) is 3.21. The fourth-order valence-electron chi connectivity index (χ4n) is 9.39. The molecule has 2 heterocycles. The van der Waals surface area contributed by atoms with Crippen LogP contribution in [-0.4, -0.2) is 62.5 Å². The maximum atomic E-state index is 14.2. The Morgan fingerprint density at radius 3 is 1.01 bits per heavy atom. The van der Waals surface area contributed by atoms with Crippen LogP contribution in [0.1, 0.15) is 54.3 Å². The molecule has 0 bridgehead atoms. The Kier molecular flexibility index (Phi) is 15.7. The molecule has 2 saturated heterocycles. The Bertz CT molecular complexity index is 3740. The van der Waals surface area contributed by atoms with Crippen LogP contribution in [0.2, 0.25) is 0 Å². The summed E-state index contributed by atoms with van der Waals surface area (Å²) in [4.78, 5) is 54.4. The van der Waals surface area contributed by atoms with Crippen LogP contribution in [0.3, 0.4) is 0 Å². The van der Waals surface area contributed by atoms with Gasteiger partial charge < -0.3 is 37.9 Å². The molecule has 2 fully saturated rings. The molecule has 10 aromatic rings. The Hall–Kier alpha value is -8.92. The standard InChI is InChI=1S/C68H48Br2O12/c69-51-19-29-59-49(37-51)17-31-61(81-67(73)45-5-1-41(2-6-45)43-9-25-55(26-10-43)79-65(71)47-13-21-53(22-14-47)75-35-33-57-39-77-57)63(59)64-60-30-20-52(70)38-50(60)18-32-62(64)82-68(74)46-7-3-42(4-8-46)44-11-27-56(28-12-44)80-66(72)48-15-23-54(24-16-48)76-36-34-58-40-78-58/h1-32,37-38,57-58H,33-36,39-40H2. The quantitative estimate of drug-likeness (QED) is 0.0431. The molecule has 0 radical (unpaired) electrons. The van der Waals surface area contributed by atoms with Crippen LogP contribution in [0.15, 0.2) is 215 Å². The van der Waals surface area contributed by atoms with E-state index >= 15 is 0 Å². The van der Waals surface area contributed by atoms with Crippen molar-refractivity contribution in [1.82, 2.24) is 0 Å². The monoisotopic (exact) mass is 1210 g/mol. The van der Waals surface area contributed by atoms with Gasteiger partial charge in [0.1, 0.15) is 34.5 Å². The number of fused-ring (bicyclic) bond motifs is 2. The Balaban J connectivity index is 0.742. The molecule has 0 aliphatic carbocycles. The second kappa shape index (κ2) is 24.0. The molecule has 82 heavy (non-hydrogen) atoms. The molecule has 0 amide bonds. The van der Waals surface area contributed by atoms with E-state index in [1.54, 1.807) is 109 Å². The third-order valence-corrected chi connectivity index (χ3v) is 15.0. The average molecular weight is 1220 g/mol. The zero-order valence-electron chi connectivity index (χ0n) is 43.7. The Morgan fingerprint density at radius 1 is 0.366 bits per heavy atom. The van der Waals surface area contributed by atoms with Crippen molar-refractivity contribution in [3.63, 3.8) is 0 Å². The molecule has 0 aromatic heterocycles. The summed E-state index contributed by atoms with van der Waals surface area (Å²) < 4.78 is 47.6. The SMILES string of the molecule is O=C(Oc1ccc(-c2ccc(C(=O)Oc3ccc4cc(Br)ccc4c3-c3c(OC(=O)c4ccc(-c5ccc(OC(=O)c6ccc(OCCC7CO7)cc6)cc5)cc4)ccc4cc(Br)ccc34)cc2)cc1)c1ccc(OCCC2CO2)cc1. The molecule has 12 nitrogen and oxygen atoms in total. The van der Waals surface area contributed by atoms with Gasteiger partial charge in [0.2, 0.25) is 0 Å². The number of rotatable bonds is 19. The number of epoxide rings is 2.